The third kappa shape index (κ3) is 3.89. The molecular weight excluding hydrogens is 397 g/mol. The minimum absolute atomic E-state index is 0.0736. The monoisotopic (exact) mass is 423 g/mol. The largest absolute Gasteiger partial charge is 0.356 e. The Morgan fingerprint density at radius 3 is 2.68 bits per heavy atom. The van der Waals surface area contributed by atoms with Crippen molar-refractivity contribution in [2.45, 2.75) is 39.2 Å². The first-order chi connectivity index (χ1) is 14.9. The lowest BCUT2D eigenvalue weighted by Crippen LogP contribution is -2.39. The topological polar surface area (TPSA) is 75.4 Å². The molecule has 0 bridgehead atoms. The summed E-state index contributed by atoms with van der Waals surface area (Å²) in [7, 11) is 3.73. The highest BCUT2D eigenvalue weighted by Gasteiger charge is 2.34. The Bertz CT molecular complexity index is 1110. The molecule has 0 N–H and O–H groups in total. The normalized spacial score (nSPS) is 16.4. The molecule has 4 rings (SSSR count). The Morgan fingerprint density at radius 1 is 1.23 bits per heavy atom. The Hall–Kier alpha value is -3.29. The number of rotatable bonds is 4. The first-order valence-corrected chi connectivity index (χ1v) is 10.4. The number of aryl methyl sites for hydroxylation is 1. The highest BCUT2D eigenvalue weighted by atomic mass is 19.1. The SMILES string of the molecule is Cc1noc(-c2cnc(N(C)C)nc2[C@@H]2CCCCN2C(=O)c2ccccc2F)c1C. The number of aromatic nitrogens is 3. The molecule has 1 atom stereocenters. The van der Waals surface area contributed by atoms with Gasteiger partial charge in [0.05, 0.1) is 28.6 Å². The van der Waals surface area contributed by atoms with Crippen molar-refractivity contribution in [1.82, 2.24) is 20.0 Å². The molecule has 7 nitrogen and oxygen atoms in total. The highest BCUT2D eigenvalue weighted by molar-refractivity contribution is 5.95. The number of hydrogen-bond donors (Lipinski definition) is 0. The van der Waals surface area contributed by atoms with Crippen molar-refractivity contribution in [3.05, 3.63) is 58.8 Å². The lowest BCUT2D eigenvalue weighted by Gasteiger charge is -2.36. The third-order valence-corrected chi connectivity index (χ3v) is 5.79. The smallest absolute Gasteiger partial charge is 0.257 e. The summed E-state index contributed by atoms with van der Waals surface area (Å²) in [6, 6.07) is 5.78. The first-order valence-electron chi connectivity index (χ1n) is 10.4. The van der Waals surface area contributed by atoms with E-state index in [-0.39, 0.29) is 17.5 Å². The molecule has 3 heterocycles. The van der Waals surface area contributed by atoms with Crippen LogP contribution in [0.1, 0.15) is 52.6 Å². The second-order valence-electron chi connectivity index (χ2n) is 8.08. The van der Waals surface area contributed by atoms with E-state index in [9.17, 15) is 9.18 Å². The van der Waals surface area contributed by atoms with E-state index in [0.717, 1.165) is 30.5 Å². The molecule has 0 radical (unpaired) electrons. The highest BCUT2D eigenvalue weighted by Crippen LogP contribution is 2.38. The van der Waals surface area contributed by atoms with Gasteiger partial charge in [0.15, 0.2) is 5.76 Å². The molecule has 1 saturated heterocycles. The molecule has 1 aromatic carbocycles. The fraction of sp³-hybridized carbons (Fsp3) is 0.391. The van der Waals surface area contributed by atoms with Crippen LogP contribution in [0.15, 0.2) is 35.0 Å². The molecule has 31 heavy (non-hydrogen) atoms. The molecule has 0 saturated carbocycles. The summed E-state index contributed by atoms with van der Waals surface area (Å²) in [5.41, 5.74) is 3.18. The fourth-order valence-corrected chi connectivity index (χ4v) is 3.94. The quantitative estimate of drug-likeness (QED) is 0.622. The summed E-state index contributed by atoms with van der Waals surface area (Å²) < 4.78 is 20.0. The van der Waals surface area contributed by atoms with E-state index in [1.807, 2.05) is 32.8 Å². The standard InChI is InChI=1S/C23H26FN5O2/c1-14-15(2)27-31-21(14)17-13-25-23(28(3)4)26-20(17)19-11-7-8-12-29(19)22(30)16-9-5-6-10-18(16)24/h5-6,9-10,13,19H,7-8,11-12H2,1-4H3/t19-/m0/s1. The number of carbonyl (C=O) groups excluding carboxylic acids is 1. The average molecular weight is 423 g/mol. The Morgan fingerprint density at radius 2 is 2.00 bits per heavy atom. The number of anilines is 1. The van der Waals surface area contributed by atoms with Crippen LogP contribution < -0.4 is 4.90 Å². The molecule has 1 aliphatic rings. The van der Waals surface area contributed by atoms with Crippen molar-refractivity contribution in [1.29, 1.82) is 0 Å². The third-order valence-electron chi connectivity index (χ3n) is 5.79. The lowest BCUT2D eigenvalue weighted by atomic mass is 9.94. The summed E-state index contributed by atoms with van der Waals surface area (Å²) in [5, 5.41) is 4.08. The molecule has 0 aliphatic carbocycles. The summed E-state index contributed by atoms with van der Waals surface area (Å²) in [6.07, 6.45) is 4.26. The molecule has 1 fully saturated rings. The van der Waals surface area contributed by atoms with Gasteiger partial charge >= 0.3 is 0 Å². The van der Waals surface area contributed by atoms with Gasteiger partial charge in [-0.1, -0.05) is 17.3 Å². The average Bonchev–Trinajstić information content (AvgIpc) is 3.11. The number of nitrogens with zero attached hydrogens (tertiary/aromatic N) is 5. The summed E-state index contributed by atoms with van der Waals surface area (Å²) in [6.45, 7) is 4.35. The zero-order chi connectivity index (χ0) is 22.1. The number of amides is 1. The van der Waals surface area contributed by atoms with Gasteiger partial charge in [-0.15, -0.1) is 0 Å². The van der Waals surface area contributed by atoms with Crippen LogP contribution in [0.5, 0.6) is 0 Å². The lowest BCUT2D eigenvalue weighted by molar-refractivity contribution is 0.0601. The molecule has 0 spiro atoms. The van der Waals surface area contributed by atoms with Gasteiger partial charge in [0.1, 0.15) is 5.82 Å². The Labute approximate surface area is 180 Å². The van der Waals surface area contributed by atoms with Crippen LogP contribution in [0.2, 0.25) is 0 Å². The van der Waals surface area contributed by atoms with Gasteiger partial charge in [-0.3, -0.25) is 4.79 Å². The maximum atomic E-state index is 14.4. The molecule has 162 valence electrons. The van der Waals surface area contributed by atoms with Crippen LogP contribution in [-0.2, 0) is 0 Å². The summed E-state index contributed by atoms with van der Waals surface area (Å²) >= 11 is 0. The van der Waals surface area contributed by atoms with Crippen LogP contribution in [0.25, 0.3) is 11.3 Å². The number of hydrogen-bond acceptors (Lipinski definition) is 6. The minimum Gasteiger partial charge on any atom is -0.356 e. The van der Waals surface area contributed by atoms with Crippen LogP contribution in [0.3, 0.4) is 0 Å². The van der Waals surface area contributed by atoms with E-state index >= 15 is 0 Å². The summed E-state index contributed by atoms with van der Waals surface area (Å²) in [4.78, 5) is 26.2. The number of piperidine rings is 1. The van der Waals surface area contributed by atoms with Crippen LogP contribution >= 0.6 is 0 Å². The van der Waals surface area contributed by atoms with Gasteiger partial charge < -0.3 is 14.3 Å². The van der Waals surface area contributed by atoms with Gasteiger partial charge in [-0.25, -0.2) is 14.4 Å². The van der Waals surface area contributed by atoms with Gasteiger partial charge in [-0.2, -0.15) is 0 Å². The second-order valence-corrected chi connectivity index (χ2v) is 8.08. The minimum atomic E-state index is -0.518. The predicted octanol–water partition coefficient (Wildman–Crippen LogP) is 4.32. The molecule has 3 aromatic rings. The van der Waals surface area contributed by atoms with E-state index in [1.165, 1.54) is 12.1 Å². The fourth-order valence-electron chi connectivity index (χ4n) is 3.94. The molecule has 0 unspecified atom stereocenters. The molecule has 8 heteroatoms. The van der Waals surface area contributed by atoms with Gasteiger partial charge in [0, 0.05) is 32.4 Å². The molecule has 1 amide bonds. The predicted molar refractivity (Wildman–Crippen MR) is 115 cm³/mol. The first kappa shape index (κ1) is 21.0. The van der Waals surface area contributed by atoms with Gasteiger partial charge in [-0.05, 0) is 45.2 Å². The van der Waals surface area contributed by atoms with Gasteiger partial charge in [0.25, 0.3) is 5.91 Å². The van der Waals surface area contributed by atoms with Crippen molar-refractivity contribution >= 4 is 11.9 Å². The summed E-state index contributed by atoms with van der Waals surface area (Å²) in [5.74, 6) is 0.290. The van der Waals surface area contributed by atoms with E-state index in [1.54, 1.807) is 23.2 Å². The molecule has 1 aliphatic heterocycles. The number of halogens is 1. The molecular formula is C23H26FN5O2. The maximum absolute atomic E-state index is 14.4. The Kier molecular flexibility index (Phi) is 5.71. The Balaban J connectivity index is 1.83. The van der Waals surface area contributed by atoms with Crippen LogP contribution in [0, 0.1) is 19.7 Å². The van der Waals surface area contributed by atoms with Crippen molar-refractivity contribution in [3.8, 4) is 11.3 Å². The number of likely N-dealkylation sites (tertiary alicyclic amines) is 1. The van der Waals surface area contributed by atoms with E-state index in [2.05, 4.69) is 10.1 Å². The maximum Gasteiger partial charge on any atom is 0.257 e. The number of carbonyl (C=O) groups is 1. The second kappa shape index (κ2) is 8.45. The van der Waals surface area contributed by atoms with Crippen LogP contribution in [-0.4, -0.2) is 46.6 Å². The van der Waals surface area contributed by atoms with E-state index < -0.39 is 5.82 Å². The van der Waals surface area contributed by atoms with E-state index in [4.69, 9.17) is 9.51 Å². The molecule has 2 aromatic heterocycles. The van der Waals surface area contributed by atoms with Gasteiger partial charge in [0.2, 0.25) is 5.95 Å². The van der Waals surface area contributed by atoms with Crippen LogP contribution in [0.4, 0.5) is 10.3 Å². The zero-order valence-electron chi connectivity index (χ0n) is 18.2. The number of benzene rings is 1. The van der Waals surface area contributed by atoms with Crippen molar-refractivity contribution in [3.63, 3.8) is 0 Å². The van der Waals surface area contributed by atoms with Crippen molar-refractivity contribution in [2.24, 2.45) is 0 Å². The zero-order valence-corrected chi connectivity index (χ0v) is 18.2. The van der Waals surface area contributed by atoms with E-state index in [0.29, 0.717) is 29.5 Å². The van der Waals surface area contributed by atoms with Crippen molar-refractivity contribution < 1.29 is 13.7 Å². The van der Waals surface area contributed by atoms with Crippen molar-refractivity contribution in [2.75, 3.05) is 25.5 Å².